The monoisotopic (exact) mass is 403 g/mol. The third kappa shape index (κ3) is 4.23. The summed E-state index contributed by atoms with van der Waals surface area (Å²) in [5.41, 5.74) is -1.65. The van der Waals surface area contributed by atoms with Crippen molar-refractivity contribution in [3.05, 3.63) is 29.8 Å². The van der Waals surface area contributed by atoms with Crippen molar-refractivity contribution in [1.29, 1.82) is 0 Å². The third-order valence-corrected chi connectivity index (χ3v) is 5.15. The summed E-state index contributed by atoms with van der Waals surface area (Å²) in [4.78, 5) is 39.9. The first-order valence-corrected chi connectivity index (χ1v) is 9.82. The molecular formula is C22H29NO6. The molecule has 1 saturated heterocycles. The molecule has 3 rings (SSSR count). The minimum absolute atomic E-state index is 0.0923. The van der Waals surface area contributed by atoms with Gasteiger partial charge in [-0.1, -0.05) is 12.1 Å². The number of imide groups is 1. The van der Waals surface area contributed by atoms with Gasteiger partial charge in [0.15, 0.2) is 0 Å². The molecule has 1 spiro atoms. The number of hydrogen-bond acceptors (Lipinski definition) is 6. The van der Waals surface area contributed by atoms with Gasteiger partial charge in [0.1, 0.15) is 17.0 Å². The van der Waals surface area contributed by atoms with Gasteiger partial charge in [-0.15, -0.1) is 0 Å². The predicted molar refractivity (Wildman–Crippen MR) is 105 cm³/mol. The largest absolute Gasteiger partial charge is 0.508 e. The average molecular weight is 403 g/mol. The Morgan fingerprint density at radius 3 is 2.07 bits per heavy atom. The molecule has 0 bridgehead atoms. The normalized spacial score (nSPS) is 26.6. The van der Waals surface area contributed by atoms with Crippen LogP contribution in [-0.4, -0.2) is 39.2 Å². The number of likely N-dealkylation sites (tertiary alicyclic amines) is 1. The van der Waals surface area contributed by atoms with E-state index < -0.39 is 46.5 Å². The van der Waals surface area contributed by atoms with Crippen molar-refractivity contribution in [3.8, 4) is 5.75 Å². The van der Waals surface area contributed by atoms with E-state index in [1.807, 2.05) is 0 Å². The number of phenolic OH excluding ortho intramolecular Hbond substituents is 1. The van der Waals surface area contributed by atoms with Gasteiger partial charge in [0.2, 0.25) is 5.91 Å². The van der Waals surface area contributed by atoms with Crippen molar-refractivity contribution in [2.75, 3.05) is 0 Å². The summed E-state index contributed by atoms with van der Waals surface area (Å²) in [7, 11) is 0. The van der Waals surface area contributed by atoms with Crippen LogP contribution in [0, 0.1) is 11.3 Å². The zero-order chi connectivity index (χ0) is 21.8. The molecule has 1 aliphatic heterocycles. The Labute approximate surface area is 171 Å². The standard InChI is InChI=1S/C22H29NO6/c1-20(2,3)28-17(25)15-11-22(15)12-16(13-7-9-14(24)10-8-13)23(18(22)26)19(27)29-21(4,5)6/h7-10,15-16,24H,11-12H2,1-6H3. The van der Waals surface area contributed by atoms with Gasteiger partial charge in [0.05, 0.1) is 17.4 Å². The van der Waals surface area contributed by atoms with Crippen molar-refractivity contribution in [2.45, 2.75) is 71.6 Å². The van der Waals surface area contributed by atoms with Crippen molar-refractivity contribution in [1.82, 2.24) is 4.90 Å². The highest BCUT2D eigenvalue weighted by molar-refractivity contribution is 6.03. The van der Waals surface area contributed by atoms with Crippen LogP contribution in [0.15, 0.2) is 24.3 Å². The number of carbonyl (C=O) groups is 3. The molecule has 1 heterocycles. The van der Waals surface area contributed by atoms with Crippen LogP contribution in [-0.2, 0) is 19.1 Å². The number of nitrogens with zero attached hydrogens (tertiary/aromatic N) is 1. The SMILES string of the molecule is CC(C)(C)OC(=O)C1CC12CC(c1ccc(O)cc1)N(C(=O)OC(C)(C)C)C2=O. The van der Waals surface area contributed by atoms with E-state index >= 15 is 0 Å². The van der Waals surface area contributed by atoms with Gasteiger partial charge in [-0.3, -0.25) is 9.59 Å². The zero-order valence-electron chi connectivity index (χ0n) is 17.8. The third-order valence-electron chi connectivity index (χ3n) is 5.15. The molecule has 3 atom stereocenters. The number of rotatable bonds is 2. The molecule has 2 aliphatic rings. The number of esters is 1. The molecule has 2 amide bonds. The molecule has 1 N–H and O–H groups in total. The summed E-state index contributed by atoms with van der Waals surface area (Å²) in [6.07, 6.45) is -0.0544. The highest BCUT2D eigenvalue weighted by Crippen LogP contribution is 2.64. The number of amides is 2. The quantitative estimate of drug-likeness (QED) is 0.752. The van der Waals surface area contributed by atoms with Gasteiger partial charge >= 0.3 is 12.1 Å². The number of phenols is 1. The second-order valence-corrected chi connectivity index (χ2v) is 9.91. The topological polar surface area (TPSA) is 93.1 Å². The molecule has 0 radical (unpaired) electrons. The maximum absolute atomic E-state index is 13.3. The summed E-state index contributed by atoms with van der Waals surface area (Å²) in [6, 6.07) is 5.81. The molecule has 158 valence electrons. The lowest BCUT2D eigenvalue weighted by atomic mass is 9.95. The molecule has 1 aromatic carbocycles. The lowest BCUT2D eigenvalue weighted by Gasteiger charge is -2.27. The predicted octanol–water partition coefficient (Wildman–Crippen LogP) is 3.95. The molecule has 1 aliphatic carbocycles. The summed E-state index contributed by atoms with van der Waals surface area (Å²) in [5, 5.41) is 9.58. The van der Waals surface area contributed by atoms with Gasteiger partial charge in [0.25, 0.3) is 0 Å². The van der Waals surface area contributed by atoms with Gasteiger partial charge in [-0.25, -0.2) is 9.69 Å². The maximum atomic E-state index is 13.3. The van der Waals surface area contributed by atoms with Crippen molar-refractivity contribution >= 4 is 18.0 Å². The first-order chi connectivity index (χ1) is 13.2. The summed E-state index contributed by atoms with van der Waals surface area (Å²) < 4.78 is 10.9. The van der Waals surface area contributed by atoms with Crippen LogP contribution in [0.25, 0.3) is 0 Å². The number of hydrogen-bond donors (Lipinski definition) is 1. The number of aromatic hydroxyl groups is 1. The minimum atomic E-state index is -0.943. The van der Waals surface area contributed by atoms with Gasteiger partial charge in [-0.05, 0) is 72.1 Å². The Bertz CT molecular complexity index is 832. The minimum Gasteiger partial charge on any atom is -0.508 e. The fourth-order valence-electron chi connectivity index (χ4n) is 3.84. The first kappa shape index (κ1) is 21.1. The molecule has 0 aromatic heterocycles. The van der Waals surface area contributed by atoms with Gasteiger partial charge < -0.3 is 14.6 Å². The summed E-state index contributed by atoms with van der Waals surface area (Å²) >= 11 is 0. The van der Waals surface area contributed by atoms with E-state index in [1.54, 1.807) is 53.7 Å². The van der Waals surface area contributed by atoms with E-state index in [1.165, 1.54) is 12.1 Å². The molecule has 7 nitrogen and oxygen atoms in total. The average Bonchev–Trinajstić information content (AvgIpc) is 3.19. The van der Waals surface area contributed by atoms with Crippen LogP contribution in [0.2, 0.25) is 0 Å². The van der Waals surface area contributed by atoms with Crippen LogP contribution in [0.1, 0.15) is 66.0 Å². The Morgan fingerprint density at radius 1 is 1.00 bits per heavy atom. The van der Waals surface area contributed by atoms with Crippen LogP contribution < -0.4 is 0 Å². The zero-order valence-corrected chi connectivity index (χ0v) is 17.8. The molecular weight excluding hydrogens is 374 g/mol. The molecule has 3 unspecified atom stereocenters. The second kappa shape index (κ2) is 6.75. The van der Waals surface area contributed by atoms with Crippen LogP contribution in [0.5, 0.6) is 5.75 Å². The highest BCUT2D eigenvalue weighted by Gasteiger charge is 2.71. The van der Waals surface area contributed by atoms with Crippen LogP contribution in [0.3, 0.4) is 0 Å². The van der Waals surface area contributed by atoms with E-state index in [0.29, 0.717) is 18.4 Å². The van der Waals surface area contributed by atoms with E-state index in [0.717, 1.165) is 4.90 Å². The fraction of sp³-hybridized carbons (Fsp3) is 0.591. The highest BCUT2D eigenvalue weighted by atomic mass is 16.6. The van der Waals surface area contributed by atoms with Crippen molar-refractivity contribution < 1.29 is 29.0 Å². The lowest BCUT2D eigenvalue weighted by molar-refractivity contribution is -0.158. The summed E-state index contributed by atoms with van der Waals surface area (Å²) in [6.45, 7) is 10.5. The number of carbonyl (C=O) groups excluding carboxylic acids is 3. The number of benzene rings is 1. The second-order valence-electron chi connectivity index (χ2n) is 9.91. The molecule has 1 saturated carbocycles. The lowest BCUT2D eigenvalue weighted by Crippen LogP contribution is -2.40. The van der Waals surface area contributed by atoms with E-state index in [-0.39, 0.29) is 5.75 Å². The fourth-order valence-corrected chi connectivity index (χ4v) is 3.84. The van der Waals surface area contributed by atoms with Crippen LogP contribution >= 0.6 is 0 Å². The Morgan fingerprint density at radius 2 is 1.55 bits per heavy atom. The van der Waals surface area contributed by atoms with E-state index in [9.17, 15) is 19.5 Å². The van der Waals surface area contributed by atoms with Gasteiger partial charge in [0, 0.05) is 0 Å². The van der Waals surface area contributed by atoms with E-state index in [2.05, 4.69) is 0 Å². The Balaban J connectivity index is 1.91. The Hall–Kier alpha value is -2.57. The van der Waals surface area contributed by atoms with Crippen molar-refractivity contribution in [3.63, 3.8) is 0 Å². The van der Waals surface area contributed by atoms with E-state index in [4.69, 9.17) is 9.47 Å². The number of ether oxygens (including phenoxy) is 2. The smallest absolute Gasteiger partial charge is 0.417 e. The van der Waals surface area contributed by atoms with Crippen LogP contribution in [0.4, 0.5) is 4.79 Å². The molecule has 1 aromatic rings. The molecule has 7 heteroatoms. The maximum Gasteiger partial charge on any atom is 0.417 e. The summed E-state index contributed by atoms with van der Waals surface area (Å²) in [5.74, 6) is -1.29. The molecule has 2 fully saturated rings. The molecule has 29 heavy (non-hydrogen) atoms. The Kier molecular flexibility index (Phi) is 4.92. The first-order valence-electron chi connectivity index (χ1n) is 9.82. The van der Waals surface area contributed by atoms with Crippen molar-refractivity contribution in [2.24, 2.45) is 11.3 Å². The van der Waals surface area contributed by atoms with Gasteiger partial charge in [-0.2, -0.15) is 0 Å².